The summed E-state index contributed by atoms with van der Waals surface area (Å²) in [6, 6.07) is 8.45. The molecule has 0 aliphatic carbocycles. The van der Waals surface area contributed by atoms with E-state index in [0.717, 1.165) is 5.56 Å². The number of carbonyl (C=O) groups is 3. The molecule has 2 rings (SSSR count). The molecule has 1 aromatic rings. The van der Waals surface area contributed by atoms with Gasteiger partial charge in [-0.3, -0.25) is 14.4 Å². The predicted octanol–water partition coefficient (Wildman–Crippen LogP) is 0.952. The summed E-state index contributed by atoms with van der Waals surface area (Å²) in [5.74, 6) is -0.680. The maximum Gasteiger partial charge on any atom is 0.239 e. The number of benzene rings is 1. The van der Waals surface area contributed by atoms with Gasteiger partial charge >= 0.3 is 0 Å². The fourth-order valence-electron chi connectivity index (χ4n) is 2.96. The largest absolute Gasteiger partial charge is 0.361 e. The summed E-state index contributed by atoms with van der Waals surface area (Å²) in [6.07, 6.45) is 1.70. The van der Waals surface area contributed by atoms with Crippen molar-refractivity contribution in [2.75, 3.05) is 13.2 Å². The number of carbonyl (C=O) groups excluding carboxylic acids is 3. The summed E-state index contributed by atoms with van der Waals surface area (Å²) < 4.78 is 5.21. The molecular weight excluding hydrogens is 358 g/mol. The van der Waals surface area contributed by atoms with Crippen LogP contribution in [0.3, 0.4) is 0 Å². The maximum absolute atomic E-state index is 12.5. The summed E-state index contributed by atoms with van der Waals surface area (Å²) in [5, 5.41) is 5.27. The van der Waals surface area contributed by atoms with Crippen LogP contribution in [0.15, 0.2) is 30.3 Å². The maximum atomic E-state index is 12.5. The lowest BCUT2D eigenvalue weighted by Crippen LogP contribution is -2.51. The lowest BCUT2D eigenvalue weighted by atomic mass is 9.93. The zero-order valence-corrected chi connectivity index (χ0v) is 16.9. The number of ether oxygens (including phenoxy) is 1. The van der Waals surface area contributed by atoms with Crippen LogP contribution in [0.2, 0.25) is 0 Å². The summed E-state index contributed by atoms with van der Waals surface area (Å²) in [5.41, 5.74) is 6.23. The average molecular weight is 389 g/mol. The van der Waals surface area contributed by atoms with E-state index in [4.69, 9.17) is 10.5 Å². The van der Waals surface area contributed by atoms with Crippen LogP contribution in [-0.4, -0.2) is 48.4 Å². The Hall–Kier alpha value is -2.25. The molecule has 1 aliphatic heterocycles. The summed E-state index contributed by atoms with van der Waals surface area (Å²) in [7, 11) is 0. The van der Waals surface area contributed by atoms with Gasteiger partial charge in [0.2, 0.25) is 11.8 Å². The topological polar surface area (TPSA) is 114 Å². The Morgan fingerprint density at radius 2 is 1.86 bits per heavy atom. The molecule has 7 nitrogen and oxygen atoms in total. The van der Waals surface area contributed by atoms with E-state index in [9.17, 15) is 14.4 Å². The second-order valence-corrected chi connectivity index (χ2v) is 7.98. The van der Waals surface area contributed by atoms with Gasteiger partial charge in [0.15, 0.2) is 5.78 Å². The Morgan fingerprint density at radius 3 is 2.43 bits per heavy atom. The highest BCUT2D eigenvalue weighted by atomic mass is 16.6. The number of Topliss-reactive ketones (excluding diaryl/α,β-unsaturated/α-hetero) is 1. The quantitative estimate of drug-likeness (QED) is 0.488. The van der Waals surface area contributed by atoms with Crippen LogP contribution in [0, 0.1) is 5.92 Å². The summed E-state index contributed by atoms with van der Waals surface area (Å²) >= 11 is 0. The van der Waals surface area contributed by atoms with Gasteiger partial charge in [-0.25, -0.2) is 0 Å². The van der Waals surface area contributed by atoms with E-state index < -0.39 is 23.6 Å². The van der Waals surface area contributed by atoms with E-state index in [0.29, 0.717) is 25.9 Å². The molecule has 1 heterocycles. The first-order chi connectivity index (χ1) is 13.2. The number of rotatable bonds is 11. The molecule has 7 heteroatoms. The van der Waals surface area contributed by atoms with Gasteiger partial charge in [0.05, 0.1) is 25.2 Å². The molecule has 3 atom stereocenters. The third-order valence-electron chi connectivity index (χ3n) is 4.80. The van der Waals surface area contributed by atoms with Crippen molar-refractivity contribution >= 4 is 17.6 Å². The number of epoxide rings is 1. The Kier molecular flexibility index (Phi) is 7.71. The third kappa shape index (κ3) is 6.73. The van der Waals surface area contributed by atoms with E-state index in [2.05, 4.69) is 10.6 Å². The minimum absolute atomic E-state index is 0.125. The van der Waals surface area contributed by atoms with E-state index in [1.807, 2.05) is 44.2 Å². The van der Waals surface area contributed by atoms with Crippen LogP contribution >= 0.6 is 0 Å². The second-order valence-electron chi connectivity index (χ2n) is 7.98. The molecule has 0 spiro atoms. The molecule has 1 aliphatic rings. The summed E-state index contributed by atoms with van der Waals surface area (Å²) in [6.45, 7) is 5.86. The van der Waals surface area contributed by atoms with Crippen molar-refractivity contribution in [3.05, 3.63) is 35.9 Å². The van der Waals surface area contributed by atoms with Gasteiger partial charge in [-0.05, 0) is 37.7 Å². The van der Waals surface area contributed by atoms with Crippen molar-refractivity contribution < 1.29 is 19.1 Å². The molecule has 3 unspecified atom stereocenters. The van der Waals surface area contributed by atoms with Gasteiger partial charge in [0, 0.05) is 0 Å². The van der Waals surface area contributed by atoms with Crippen LogP contribution in [0.25, 0.3) is 0 Å². The van der Waals surface area contributed by atoms with Gasteiger partial charge in [0.1, 0.15) is 5.60 Å². The average Bonchev–Trinajstić information content (AvgIpc) is 3.42. The number of hydrogen-bond donors (Lipinski definition) is 3. The normalized spacial score (nSPS) is 20.3. The van der Waals surface area contributed by atoms with E-state index in [1.165, 1.54) is 0 Å². The third-order valence-corrected chi connectivity index (χ3v) is 4.80. The SMILES string of the molecule is CC(C)CC(NC(=O)CNC(=O)C(N)CCc1ccccc1)C(=O)C1(C)CO1. The van der Waals surface area contributed by atoms with Crippen molar-refractivity contribution in [1.29, 1.82) is 0 Å². The number of aryl methyl sites for hydroxylation is 1. The van der Waals surface area contributed by atoms with Gasteiger partial charge in [-0.2, -0.15) is 0 Å². The number of ketones is 1. The van der Waals surface area contributed by atoms with Crippen molar-refractivity contribution in [2.24, 2.45) is 11.7 Å². The first-order valence-corrected chi connectivity index (χ1v) is 9.76. The molecule has 2 amide bonds. The molecule has 0 bridgehead atoms. The van der Waals surface area contributed by atoms with Gasteiger partial charge in [-0.15, -0.1) is 0 Å². The Bertz CT molecular complexity index is 686. The van der Waals surface area contributed by atoms with Crippen LogP contribution < -0.4 is 16.4 Å². The van der Waals surface area contributed by atoms with Gasteiger partial charge in [0.25, 0.3) is 0 Å². The molecule has 1 saturated heterocycles. The molecule has 4 N–H and O–H groups in total. The lowest BCUT2D eigenvalue weighted by Gasteiger charge is -2.21. The van der Waals surface area contributed by atoms with Crippen LogP contribution in [0.5, 0.6) is 0 Å². The van der Waals surface area contributed by atoms with E-state index in [1.54, 1.807) is 6.92 Å². The van der Waals surface area contributed by atoms with Crippen LogP contribution in [0.4, 0.5) is 0 Å². The number of nitrogens with one attached hydrogen (secondary N) is 2. The van der Waals surface area contributed by atoms with Gasteiger partial charge < -0.3 is 21.1 Å². The molecule has 28 heavy (non-hydrogen) atoms. The minimum atomic E-state index is -0.796. The van der Waals surface area contributed by atoms with E-state index >= 15 is 0 Å². The molecule has 154 valence electrons. The fourth-order valence-corrected chi connectivity index (χ4v) is 2.96. The molecule has 1 fully saturated rings. The highest BCUT2D eigenvalue weighted by Crippen LogP contribution is 2.29. The fraction of sp³-hybridized carbons (Fsp3) is 0.571. The van der Waals surface area contributed by atoms with Crippen LogP contribution in [0.1, 0.15) is 39.2 Å². The lowest BCUT2D eigenvalue weighted by molar-refractivity contribution is -0.131. The molecule has 1 aromatic carbocycles. The molecular formula is C21H31N3O4. The molecule has 0 saturated carbocycles. The van der Waals surface area contributed by atoms with Crippen molar-refractivity contribution in [3.63, 3.8) is 0 Å². The van der Waals surface area contributed by atoms with E-state index in [-0.39, 0.29) is 24.2 Å². The zero-order valence-electron chi connectivity index (χ0n) is 16.9. The molecule has 0 radical (unpaired) electrons. The van der Waals surface area contributed by atoms with Crippen LogP contribution in [-0.2, 0) is 25.5 Å². The highest BCUT2D eigenvalue weighted by molar-refractivity contribution is 5.97. The Morgan fingerprint density at radius 1 is 1.21 bits per heavy atom. The monoisotopic (exact) mass is 389 g/mol. The minimum Gasteiger partial charge on any atom is -0.361 e. The first-order valence-electron chi connectivity index (χ1n) is 9.76. The molecule has 0 aromatic heterocycles. The Labute approximate surface area is 166 Å². The number of amides is 2. The zero-order chi connectivity index (χ0) is 20.7. The highest BCUT2D eigenvalue weighted by Gasteiger charge is 2.50. The number of nitrogens with two attached hydrogens (primary N) is 1. The predicted molar refractivity (Wildman–Crippen MR) is 106 cm³/mol. The van der Waals surface area contributed by atoms with Gasteiger partial charge in [-0.1, -0.05) is 44.2 Å². The second kappa shape index (κ2) is 9.80. The van der Waals surface area contributed by atoms with Crippen molar-refractivity contribution in [3.8, 4) is 0 Å². The Balaban J connectivity index is 1.77. The summed E-state index contributed by atoms with van der Waals surface area (Å²) in [4.78, 5) is 36.9. The van der Waals surface area contributed by atoms with Crippen molar-refractivity contribution in [2.45, 2.75) is 57.7 Å². The number of hydrogen-bond acceptors (Lipinski definition) is 5. The smallest absolute Gasteiger partial charge is 0.239 e. The standard InChI is InChI=1S/C21H31N3O4/c1-14(2)11-17(19(26)21(3)13-28-21)24-18(25)12-23-20(27)16(22)10-9-15-7-5-4-6-8-15/h4-8,14,16-17H,9-13,22H2,1-3H3,(H,23,27)(H,24,25). The first kappa shape index (κ1) is 22.0. The van der Waals surface area contributed by atoms with Crippen molar-refractivity contribution in [1.82, 2.24) is 10.6 Å².